The lowest BCUT2D eigenvalue weighted by atomic mass is 10.1. The standard InChI is InChI=1S/C16H17IN2O/c1-2-12-5-3-4-6-15(12)19-16(20)11-18-14-9-7-13(17)8-10-14/h3-10,18H,2,11H2,1H3,(H,19,20). The number of anilines is 2. The summed E-state index contributed by atoms with van der Waals surface area (Å²) in [5.41, 5.74) is 2.99. The zero-order valence-corrected chi connectivity index (χ0v) is 13.5. The average Bonchev–Trinajstić information content (AvgIpc) is 2.47. The number of halogens is 1. The van der Waals surface area contributed by atoms with E-state index in [1.165, 1.54) is 3.57 Å². The lowest BCUT2D eigenvalue weighted by Crippen LogP contribution is -2.22. The van der Waals surface area contributed by atoms with Crippen LogP contribution in [0.4, 0.5) is 11.4 Å². The van der Waals surface area contributed by atoms with Gasteiger partial charge in [0.15, 0.2) is 0 Å². The van der Waals surface area contributed by atoms with Crippen molar-refractivity contribution in [3.05, 3.63) is 57.7 Å². The van der Waals surface area contributed by atoms with E-state index in [1.807, 2.05) is 48.5 Å². The van der Waals surface area contributed by atoms with Crippen LogP contribution in [-0.2, 0) is 11.2 Å². The highest BCUT2D eigenvalue weighted by molar-refractivity contribution is 14.1. The molecule has 0 radical (unpaired) electrons. The van der Waals surface area contributed by atoms with Gasteiger partial charge in [-0.2, -0.15) is 0 Å². The third-order valence-corrected chi connectivity index (χ3v) is 3.69. The first-order valence-corrected chi connectivity index (χ1v) is 7.64. The average molecular weight is 380 g/mol. The SMILES string of the molecule is CCc1ccccc1NC(=O)CNc1ccc(I)cc1. The van der Waals surface area contributed by atoms with E-state index in [9.17, 15) is 4.79 Å². The van der Waals surface area contributed by atoms with Crippen LogP contribution in [0.25, 0.3) is 0 Å². The van der Waals surface area contributed by atoms with Gasteiger partial charge in [0.2, 0.25) is 5.91 Å². The molecule has 3 nitrogen and oxygen atoms in total. The van der Waals surface area contributed by atoms with E-state index in [0.717, 1.165) is 23.4 Å². The molecular formula is C16H17IN2O. The number of rotatable bonds is 5. The van der Waals surface area contributed by atoms with Gasteiger partial charge in [-0.1, -0.05) is 25.1 Å². The molecule has 20 heavy (non-hydrogen) atoms. The summed E-state index contributed by atoms with van der Waals surface area (Å²) in [5.74, 6) is -0.0375. The molecule has 0 spiro atoms. The molecule has 0 bridgehead atoms. The largest absolute Gasteiger partial charge is 0.376 e. The van der Waals surface area contributed by atoms with Gasteiger partial charge in [0, 0.05) is 14.9 Å². The number of carbonyl (C=O) groups excluding carboxylic acids is 1. The molecule has 104 valence electrons. The van der Waals surface area contributed by atoms with Gasteiger partial charge in [-0.3, -0.25) is 4.79 Å². The Morgan fingerprint density at radius 1 is 1.10 bits per heavy atom. The fourth-order valence-electron chi connectivity index (χ4n) is 1.90. The molecule has 0 aliphatic heterocycles. The van der Waals surface area contributed by atoms with Gasteiger partial charge in [0.05, 0.1) is 6.54 Å². The topological polar surface area (TPSA) is 41.1 Å². The van der Waals surface area contributed by atoms with Crippen LogP contribution in [-0.4, -0.2) is 12.5 Å². The van der Waals surface area contributed by atoms with Crippen LogP contribution in [0.15, 0.2) is 48.5 Å². The van der Waals surface area contributed by atoms with E-state index in [1.54, 1.807) is 0 Å². The fraction of sp³-hybridized carbons (Fsp3) is 0.188. The summed E-state index contributed by atoms with van der Waals surface area (Å²) in [4.78, 5) is 11.9. The smallest absolute Gasteiger partial charge is 0.243 e. The predicted octanol–water partition coefficient (Wildman–Crippen LogP) is 3.90. The van der Waals surface area contributed by atoms with Crippen molar-refractivity contribution in [3.63, 3.8) is 0 Å². The van der Waals surface area contributed by atoms with Gasteiger partial charge < -0.3 is 10.6 Å². The van der Waals surface area contributed by atoms with Crippen molar-refractivity contribution in [3.8, 4) is 0 Å². The second kappa shape index (κ2) is 7.28. The van der Waals surface area contributed by atoms with Crippen LogP contribution >= 0.6 is 22.6 Å². The highest BCUT2D eigenvalue weighted by atomic mass is 127. The lowest BCUT2D eigenvalue weighted by Gasteiger charge is -2.11. The summed E-state index contributed by atoms with van der Waals surface area (Å²) < 4.78 is 1.18. The molecule has 2 aromatic rings. The van der Waals surface area contributed by atoms with Crippen molar-refractivity contribution in [2.75, 3.05) is 17.2 Å². The summed E-state index contributed by atoms with van der Waals surface area (Å²) in [6.07, 6.45) is 0.904. The molecular weight excluding hydrogens is 363 g/mol. The number of amides is 1. The maximum atomic E-state index is 11.9. The summed E-state index contributed by atoms with van der Waals surface area (Å²) >= 11 is 2.25. The zero-order valence-electron chi connectivity index (χ0n) is 11.3. The van der Waals surface area contributed by atoms with Crippen LogP contribution in [0, 0.1) is 3.57 Å². The monoisotopic (exact) mass is 380 g/mol. The number of nitrogens with one attached hydrogen (secondary N) is 2. The maximum absolute atomic E-state index is 11.9. The molecule has 2 rings (SSSR count). The first-order valence-electron chi connectivity index (χ1n) is 6.56. The molecule has 0 saturated heterocycles. The van der Waals surface area contributed by atoms with Crippen molar-refractivity contribution in [2.45, 2.75) is 13.3 Å². The second-order valence-corrected chi connectivity index (χ2v) is 5.66. The van der Waals surface area contributed by atoms with Crippen LogP contribution < -0.4 is 10.6 Å². The van der Waals surface area contributed by atoms with Gasteiger partial charge in [0.25, 0.3) is 0 Å². The van der Waals surface area contributed by atoms with E-state index < -0.39 is 0 Å². The Balaban J connectivity index is 1.91. The molecule has 0 aliphatic rings. The summed E-state index contributed by atoms with van der Waals surface area (Å²) in [5, 5.41) is 6.05. The van der Waals surface area contributed by atoms with Crippen molar-refractivity contribution in [1.82, 2.24) is 0 Å². The first kappa shape index (κ1) is 14.8. The quantitative estimate of drug-likeness (QED) is 0.773. The van der Waals surface area contributed by atoms with Gasteiger partial charge in [-0.25, -0.2) is 0 Å². The molecule has 0 aliphatic carbocycles. The Morgan fingerprint density at radius 2 is 1.80 bits per heavy atom. The lowest BCUT2D eigenvalue weighted by molar-refractivity contribution is -0.114. The highest BCUT2D eigenvalue weighted by Gasteiger charge is 2.05. The zero-order chi connectivity index (χ0) is 14.4. The molecule has 1 amide bonds. The maximum Gasteiger partial charge on any atom is 0.243 e. The normalized spacial score (nSPS) is 10.1. The number of carbonyl (C=O) groups is 1. The van der Waals surface area contributed by atoms with Crippen molar-refractivity contribution in [2.24, 2.45) is 0 Å². The Kier molecular flexibility index (Phi) is 5.40. The fourth-order valence-corrected chi connectivity index (χ4v) is 2.25. The van der Waals surface area contributed by atoms with Gasteiger partial charge >= 0.3 is 0 Å². The van der Waals surface area contributed by atoms with E-state index in [2.05, 4.69) is 40.1 Å². The van der Waals surface area contributed by atoms with Crippen molar-refractivity contribution < 1.29 is 4.79 Å². The van der Waals surface area contributed by atoms with Gasteiger partial charge in [0.1, 0.15) is 0 Å². The number of hydrogen-bond acceptors (Lipinski definition) is 2. The molecule has 0 aromatic heterocycles. The number of hydrogen-bond donors (Lipinski definition) is 2. The van der Waals surface area contributed by atoms with Crippen LogP contribution in [0.3, 0.4) is 0 Å². The molecule has 4 heteroatoms. The first-order chi connectivity index (χ1) is 9.69. The molecule has 0 unspecified atom stereocenters. The van der Waals surface area contributed by atoms with E-state index in [0.29, 0.717) is 0 Å². The molecule has 0 heterocycles. The number of aryl methyl sites for hydroxylation is 1. The van der Waals surface area contributed by atoms with Crippen LogP contribution in [0.2, 0.25) is 0 Å². The molecule has 0 fully saturated rings. The third-order valence-electron chi connectivity index (χ3n) is 2.97. The minimum absolute atomic E-state index is 0.0375. The minimum atomic E-state index is -0.0375. The summed E-state index contributed by atoms with van der Waals surface area (Å²) in [7, 11) is 0. The summed E-state index contributed by atoms with van der Waals surface area (Å²) in [6, 6.07) is 15.8. The Labute approximate surface area is 132 Å². The third kappa shape index (κ3) is 4.23. The molecule has 0 atom stereocenters. The van der Waals surface area contributed by atoms with E-state index in [4.69, 9.17) is 0 Å². The Bertz CT molecular complexity index is 581. The van der Waals surface area contributed by atoms with Crippen LogP contribution in [0.1, 0.15) is 12.5 Å². The van der Waals surface area contributed by atoms with Crippen molar-refractivity contribution >= 4 is 39.9 Å². The Hall–Kier alpha value is -1.56. The van der Waals surface area contributed by atoms with Gasteiger partial charge in [-0.05, 0) is 64.9 Å². The molecule has 2 N–H and O–H groups in total. The highest BCUT2D eigenvalue weighted by Crippen LogP contribution is 2.15. The number of para-hydroxylation sites is 1. The molecule has 0 saturated carbocycles. The molecule has 2 aromatic carbocycles. The van der Waals surface area contributed by atoms with E-state index in [-0.39, 0.29) is 12.5 Å². The Morgan fingerprint density at radius 3 is 2.50 bits per heavy atom. The van der Waals surface area contributed by atoms with E-state index >= 15 is 0 Å². The van der Waals surface area contributed by atoms with Gasteiger partial charge in [-0.15, -0.1) is 0 Å². The minimum Gasteiger partial charge on any atom is -0.376 e. The van der Waals surface area contributed by atoms with Crippen LogP contribution in [0.5, 0.6) is 0 Å². The predicted molar refractivity (Wildman–Crippen MR) is 92.1 cm³/mol. The second-order valence-electron chi connectivity index (χ2n) is 4.42. The number of benzene rings is 2. The summed E-state index contributed by atoms with van der Waals surface area (Å²) in [6.45, 7) is 2.34. The van der Waals surface area contributed by atoms with Crippen molar-refractivity contribution in [1.29, 1.82) is 0 Å².